The molecule has 3 rings (SSSR count). The minimum atomic E-state index is -1.20. The van der Waals surface area contributed by atoms with E-state index in [2.05, 4.69) is 5.32 Å². The molecule has 8 nitrogen and oxygen atoms in total. The highest BCUT2D eigenvalue weighted by Crippen LogP contribution is 2.49. The van der Waals surface area contributed by atoms with Crippen molar-refractivity contribution >= 4 is 11.9 Å². The van der Waals surface area contributed by atoms with Crippen molar-refractivity contribution in [1.82, 2.24) is 5.32 Å². The molecule has 2 bridgehead atoms. The fraction of sp³-hybridized carbons (Fsp3) is 0.846. The van der Waals surface area contributed by atoms with Crippen molar-refractivity contribution in [3.05, 3.63) is 0 Å². The molecule has 8 heteroatoms. The first-order valence-corrected chi connectivity index (χ1v) is 6.94. The topological polar surface area (TPSA) is 114 Å². The van der Waals surface area contributed by atoms with Gasteiger partial charge in [0.1, 0.15) is 12.5 Å². The molecule has 5 atom stereocenters. The summed E-state index contributed by atoms with van der Waals surface area (Å²) in [7, 11) is 1.50. The van der Waals surface area contributed by atoms with Gasteiger partial charge in [0.15, 0.2) is 5.79 Å². The summed E-state index contributed by atoms with van der Waals surface area (Å²) in [6, 6.07) is -0.491. The molecule has 3 aliphatic heterocycles. The second-order valence-corrected chi connectivity index (χ2v) is 5.34. The molecule has 0 aliphatic carbocycles. The first-order valence-electron chi connectivity index (χ1n) is 6.94. The Bertz CT molecular complexity index is 413. The van der Waals surface area contributed by atoms with E-state index < -0.39 is 36.2 Å². The molecule has 3 aliphatic rings. The molecular weight excluding hydrogens is 282 g/mol. The van der Waals surface area contributed by atoms with Crippen LogP contribution in [0.2, 0.25) is 0 Å². The number of carbonyl (C=O) groups is 2. The van der Waals surface area contributed by atoms with Crippen LogP contribution in [0.25, 0.3) is 0 Å². The van der Waals surface area contributed by atoms with E-state index in [1.54, 1.807) is 0 Å². The summed E-state index contributed by atoms with van der Waals surface area (Å²) in [6.45, 7) is 1.90. The van der Waals surface area contributed by atoms with E-state index in [-0.39, 0.29) is 25.2 Å². The van der Waals surface area contributed by atoms with Gasteiger partial charge < -0.3 is 29.7 Å². The van der Waals surface area contributed by atoms with Crippen LogP contribution in [0.4, 0.5) is 0 Å². The Balaban J connectivity index is 2.10. The van der Waals surface area contributed by atoms with Crippen molar-refractivity contribution in [2.75, 3.05) is 20.3 Å². The van der Waals surface area contributed by atoms with Gasteiger partial charge in [0.05, 0.1) is 25.4 Å². The predicted molar refractivity (Wildman–Crippen MR) is 69.4 cm³/mol. The second kappa shape index (κ2) is 6.27. The van der Waals surface area contributed by atoms with Crippen LogP contribution in [0.3, 0.4) is 0 Å². The van der Waals surface area contributed by atoms with Crippen LogP contribution in [-0.4, -0.2) is 66.4 Å². The van der Waals surface area contributed by atoms with Gasteiger partial charge in [-0.05, 0) is 6.42 Å². The van der Waals surface area contributed by atoms with Gasteiger partial charge in [0, 0.05) is 13.0 Å². The Morgan fingerprint density at radius 1 is 1.38 bits per heavy atom. The number of carbonyl (C=O) groups excluding carboxylic acids is 1. The Hall–Kier alpha value is -1.22. The minimum Gasteiger partial charge on any atom is -0.481 e. The van der Waals surface area contributed by atoms with E-state index in [9.17, 15) is 14.7 Å². The average molecular weight is 303 g/mol. The molecule has 0 saturated carbocycles. The number of carboxylic acid groups (broad SMARTS) is 1. The van der Waals surface area contributed by atoms with Gasteiger partial charge in [0.2, 0.25) is 5.91 Å². The van der Waals surface area contributed by atoms with Crippen LogP contribution in [0.1, 0.15) is 19.8 Å². The maximum Gasteiger partial charge on any atom is 0.312 e. The maximum atomic E-state index is 11.7. The maximum absolute atomic E-state index is 11.7. The summed E-state index contributed by atoms with van der Waals surface area (Å²) in [4.78, 5) is 22.3. The molecule has 0 spiro atoms. The number of aliphatic hydroxyl groups is 1. The van der Waals surface area contributed by atoms with Crippen LogP contribution in [0, 0.1) is 5.92 Å². The summed E-state index contributed by atoms with van der Waals surface area (Å²) in [5, 5.41) is 20.8. The Kier molecular flexibility index (Phi) is 4.82. The first kappa shape index (κ1) is 16.2. The Morgan fingerprint density at radius 3 is 2.62 bits per heavy atom. The molecule has 0 aromatic rings. The van der Waals surface area contributed by atoms with Crippen molar-refractivity contribution in [2.45, 2.75) is 43.8 Å². The van der Waals surface area contributed by atoms with Gasteiger partial charge in [-0.2, -0.15) is 0 Å². The molecule has 3 heterocycles. The van der Waals surface area contributed by atoms with Gasteiger partial charge in [-0.25, -0.2) is 0 Å². The summed E-state index contributed by atoms with van der Waals surface area (Å²) in [5.41, 5.74) is 0. The molecule has 120 valence electrons. The Labute approximate surface area is 122 Å². The Morgan fingerprint density at radius 2 is 2.10 bits per heavy atom. The van der Waals surface area contributed by atoms with E-state index in [0.29, 0.717) is 0 Å². The zero-order chi connectivity index (χ0) is 15.6. The van der Waals surface area contributed by atoms with Crippen molar-refractivity contribution in [2.24, 2.45) is 5.92 Å². The lowest BCUT2D eigenvalue weighted by Gasteiger charge is -2.62. The predicted octanol–water partition coefficient (Wildman–Crippen LogP) is -0.895. The second-order valence-electron chi connectivity index (χ2n) is 5.34. The normalized spacial score (nSPS) is 37.7. The van der Waals surface area contributed by atoms with Crippen molar-refractivity contribution in [3.8, 4) is 0 Å². The number of amides is 1. The van der Waals surface area contributed by atoms with Gasteiger partial charge in [0.25, 0.3) is 0 Å². The lowest BCUT2D eigenvalue weighted by atomic mass is 9.75. The molecule has 5 unspecified atom stereocenters. The smallest absolute Gasteiger partial charge is 0.312 e. The third-order valence-electron chi connectivity index (χ3n) is 4.03. The summed E-state index contributed by atoms with van der Waals surface area (Å²) in [6.07, 6.45) is -0.684. The molecule has 3 N–H and O–H groups in total. The van der Waals surface area contributed by atoms with Crippen molar-refractivity contribution < 1.29 is 34.0 Å². The van der Waals surface area contributed by atoms with E-state index in [1.165, 1.54) is 7.11 Å². The molecule has 0 aromatic heterocycles. The van der Waals surface area contributed by atoms with Gasteiger partial charge in [-0.15, -0.1) is 0 Å². The monoisotopic (exact) mass is 303 g/mol. The zero-order valence-electron chi connectivity index (χ0n) is 12.1. The quantitative estimate of drug-likeness (QED) is 0.522. The molecule has 1 amide bonds. The fourth-order valence-corrected chi connectivity index (χ4v) is 3.14. The average Bonchev–Trinajstić information content (AvgIpc) is 2.39. The molecular formula is C13H21NO7. The summed E-state index contributed by atoms with van der Waals surface area (Å²) < 4.78 is 16.5. The molecule has 3 fully saturated rings. The molecule has 21 heavy (non-hydrogen) atoms. The number of hydrogen-bond donors (Lipinski definition) is 3. The van der Waals surface area contributed by atoms with E-state index in [0.717, 1.165) is 6.42 Å². The zero-order valence-corrected chi connectivity index (χ0v) is 12.1. The van der Waals surface area contributed by atoms with Crippen LogP contribution < -0.4 is 5.32 Å². The van der Waals surface area contributed by atoms with Gasteiger partial charge >= 0.3 is 5.97 Å². The van der Waals surface area contributed by atoms with Crippen LogP contribution in [-0.2, 0) is 23.8 Å². The third-order valence-corrected chi connectivity index (χ3v) is 4.03. The number of methoxy groups -OCH3 is 1. The van der Waals surface area contributed by atoms with E-state index in [1.807, 2.05) is 6.92 Å². The lowest BCUT2D eigenvalue weighted by molar-refractivity contribution is -0.450. The van der Waals surface area contributed by atoms with Crippen LogP contribution in [0.5, 0.6) is 0 Å². The summed E-state index contributed by atoms with van der Waals surface area (Å²) in [5.74, 6) is -2.88. The van der Waals surface area contributed by atoms with Crippen molar-refractivity contribution in [3.63, 3.8) is 0 Å². The highest BCUT2D eigenvalue weighted by molar-refractivity contribution is 5.93. The molecule has 0 radical (unpaired) electrons. The standard InChI is InChI=1S/C13H21NO7/c1-3-7-12-11(14-9(16)4-10(17)18)8(5-19-2)20-13(7,6-15)21-12/h7-8,11-12,15H,3-6H2,1-2H3,(H,14,16)(H,17,18). The fourth-order valence-electron chi connectivity index (χ4n) is 3.14. The highest BCUT2D eigenvalue weighted by Gasteiger charge is 2.65. The van der Waals surface area contributed by atoms with Gasteiger partial charge in [-0.3, -0.25) is 9.59 Å². The van der Waals surface area contributed by atoms with Crippen molar-refractivity contribution in [1.29, 1.82) is 0 Å². The lowest BCUT2D eigenvalue weighted by Crippen LogP contribution is -2.78. The SMILES string of the molecule is CCC1C2OC1(CO)OC(COC)C2NC(=O)CC(=O)O. The molecule has 0 aromatic carbocycles. The minimum absolute atomic E-state index is 0.0502. The first-order chi connectivity index (χ1) is 9.97. The number of nitrogens with one attached hydrogen (secondary N) is 1. The molecule has 3 saturated heterocycles. The number of aliphatic carboxylic acids is 1. The van der Waals surface area contributed by atoms with Crippen LogP contribution in [0.15, 0.2) is 0 Å². The van der Waals surface area contributed by atoms with Crippen LogP contribution >= 0.6 is 0 Å². The number of fused-ring (bicyclic) bond motifs is 2. The number of ether oxygens (including phenoxy) is 3. The number of hydrogen-bond acceptors (Lipinski definition) is 6. The number of rotatable bonds is 7. The van der Waals surface area contributed by atoms with E-state index >= 15 is 0 Å². The number of aliphatic hydroxyl groups excluding tert-OH is 1. The van der Waals surface area contributed by atoms with Gasteiger partial charge in [-0.1, -0.05) is 6.92 Å². The number of carboxylic acids is 1. The third kappa shape index (κ3) is 2.89. The largest absolute Gasteiger partial charge is 0.481 e. The summed E-state index contributed by atoms with van der Waals surface area (Å²) >= 11 is 0. The highest BCUT2D eigenvalue weighted by atomic mass is 16.8. The van der Waals surface area contributed by atoms with E-state index in [4.69, 9.17) is 19.3 Å².